The Morgan fingerprint density at radius 2 is 1.94 bits per heavy atom. The standard InChI is InChI=1S/C21H21BrClN5O6/c22-15-6-11(23)5-14(19(15)33)16(8-18(31)32)28-17(30)9-26-20(34)10-3-12(7-13(29)4-10)27-21-24-1-2-25-21/h3-7,16,29,33H,1-2,8-9H2,(H,26,34)(H,28,30)(H,31,32)(H2,24,25,27)/t16-/m1/s1. The molecule has 2 amide bonds. The van der Waals surface area contributed by atoms with Gasteiger partial charge in [0.2, 0.25) is 5.91 Å². The van der Waals surface area contributed by atoms with Crippen LogP contribution in [-0.2, 0) is 9.59 Å². The largest absolute Gasteiger partial charge is 0.508 e. The van der Waals surface area contributed by atoms with E-state index >= 15 is 0 Å². The molecule has 1 atom stereocenters. The average Bonchev–Trinajstić information content (AvgIpc) is 3.26. The van der Waals surface area contributed by atoms with Crippen LogP contribution in [0.1, 0.15) is 28.4 Å². The number of anilines is 1. The number of carbonyl (C=O) groups excluding carboxylic acids is 2. The molecule has 0 aromatic heterocycles. The number of hydrogen-bond acceptors (Lipinski definition) is 8. The summed E-state index contributed by atoms with van der Waals surface area (Å²) in [6.07, 6.45) is -0.528. The van der Waals surface area contributed by atoms with Crippen molar-refractivity contribution >= 4 is 57.0 Å². The van der Waals surface area contributed by atoms with Crippen LogP contribution in [0.5, 0.6) is 11.5 Å². The molecule has 2 aromatic carbocycles. The Labute approximate surface area is 207 Å². The number of phenols is 2. The molecule has 0 aliphatic carbocycles. The molecular weight excluding hydrogens is 534 g/mol. The van der Waals surface area contributed by atoms with Crippen LogP contribution in [0.3, 0.4) is 0 Å². The van der Waals surface area contributed by atoms with Gasteiger partial charge in [0, 0.05) is 34.4 Å². The van der Waals surface area contributed by atoms with E-state index in [-0.39, 0.29) is 32.1 Å². The van der Waals surface area contributed by atoms with E-state index in [1.54, 1.807) is 0 Å². The minimum absolute atomic E-state index is 0.0902. The Morgan fingerprint density at radius 3 is 2.62 bits per heavy atom. The number of rotatable bonds is 8. The molecule has 0 bridgehead atoms. The average molecular weight is 555 g/mol. The van der Waals surface area contributed by atoms with E-state index in [2.05, 4.69) is 42.2 Å². The summed E-state index contributed by atoms with van der Waals surface area (Å²) in [4.78, 5) is 40.5. The quantitative estimate of drug-likeness (QED) is 0.259. The molecule has 0 spiro atoms. The Bertz CT molecular complexity index is 1160. The van der Waals surface area contributed by atoms with Gasteiger partial charge in [0.1, 0.15) is 11.5 Å². The number of guanidine groups is 1. The van der Waals surface area contributed by atoms with E-state index in [9.17, 15) is 29.7 Å². The summed E-state index contributed by atoms with van der Waals surface area (Å²) in [5.74, 6) is -2.47. The SMILES string of the molecule is O=C(O)C[C@@H](NC(=O)CNC(=O)c1cc(O)cc(NC2=NCCN2)c1)c1cc(Cl)cc(Br)c1O. The number of benzene rings is 2. The molecule has 1 aliphatic rings. The van der Waals surface area contributed by atoms with Gasteiger partial charge in [-0.2, -0.15) is 0 Å². The summed E-state index contributed by atoms with van der Waals surface area (Å²) in [5, 5.41) is 40.5. The molecule has 0 saturated carbocycles. The van der Waals surface area contributed by atoms with Gasteiger partial charge in [-0.3, -0.25) is 19.4 Å². The first-order chi connectivity index (χ1) is 16.1. The summed E-state index contributed by atoms with van der Waals surface area (Å²) in [7, 11) is 0. The van der Waals surface area contributed by atoms with Crippen LogP contribution in [0, 0.1) is 0 Å². The first-order valence-corrected chi connectivity index (χ1v) is 11.2. The third-order valence-corrected chi connectivity index (χ3v) is 5.50. The monoisotopic (exact) mass is 553 g/mol. The highest BCUT2D eigenvalue weighted by molar-refractivity contribution is 9.10. The molecule has 3 rings (SSSR count). The predicted octanol–water partition coefficient (Wildman–Crippen LogP) is 1.95. The number of carboxylic acids is 1. The molecule has 11 nitrogen and oxygen atoms in total. The van der Waals surface area contributed by atoms with Crippen molar-refractivity contribution < 1.29 is 29.7 Å². The highest BCUT2D eigenvalue weighted by Gasteiger charge is 2.23. The highest BCUT2D eigenvalue weighted by Crippen LogP contribution is 2.36. The molecule has 0 unspecified atom stereocenters. The zero-order valence-corrected chi connectivity index (χ0v) is 19.9. The lowest BCUT2D eigenvalue weighted by Gasteiger charge is -2.20. The Morgan fingerprint density at radius 1 is 1.18 bits per heavy atom. The summed E-state index contributed by atoms with van der Waals surface area (Å²) >= 11 is 9.12. The number of carbonyl (C=O) groups is 3. The number of halogens is 2. The minimum Gasteiger partial charge on any atom is -0.508 e. The van der Waals surface area contributed by atoms with Crippen molar-refractivity contribution in [3.05, 3.63) is 51.0 Å². The van der Waals surface area contributed by atoms with Crippen molar-refractivity contribution in [2.24, 2.45) is 4.99 Å². The topological polar surface area (TPSA) is 172 Å². The summed E-state index contributed by atoms with van der Waals surface area (Å²) < 4.78 is 0.236. The van der Waals surface area contributed by atoms with Crippen LogP contribution in [0.4, 0.5) is 5.69 Å². The van der Waals surface area contributed by atoms with Crippen molar-refractivity contribution in [3.63, 3.8) is 0 Å². The molecule has 180 valence electrons. The number of carboxylic acid groups (broad SMARTS) is 1. The molecule has 34 heavy (non-hydrogen) atoms. The minimum atomic E-state index is -1.22. The van der Waals surface area contributed by atoms with Crippen molar-refractivity contribution in [3.8, 4) is 11.5 Å². The van der Waals surface area contributed by atoms with Crippen molar-refractivity contribution in [2.45, 2.75) is 12.5 Å². The molecule has 1 heterocycles. The molecule has 0 fully saturated rings. The van der Waals surface area contributed by atoms with E-state index < -0.39 is 36.8 Å². The van der Waals surface area contributed by atoms with Gasteiger partial charge in [-0.05, 0) is 40.2 Å². The van der Waals surface area contributed by atoms with E-state index in [4.69, 9.17) is 11.6 Å². The number of aromatic hydroxyl groups is 2. The third-order valence-electron chi connectivity index (χ3n) is 4.67. The van der Waals surface area contributed by atoms with Gasteiger partial charge >= 0.3 is 5.97 Å². The van der Waals surface area contributed by atoms with Gasteiger partial charge in [-0.1, -0.05) is 11.6 Å². The predicted molar refractivity (Wildman–Crippen MR) is 128 cm³/mol. The fraction of sp³-hybridized carbons (Fsp3) is 0.238. The lowest BCUT2D eigenvalue weighted by molar-refractivity contribution is -0.137. The van der Waals surface area contributed by atoms with Crippen molar-refractivity contribution in [2.75, 3.05) is 25.0 Å². The first kappa shape index (κ1) is 25.1. The van der Waals surface area contributed by atoms with Crippen molar-refractivity contribution in [1.82, 2.24) is 16.0 Å². The van der Waals surface area contributed by atoms with E-state index in [0.717, 1.165) is 0 Å². The van der Waals surface area contributed by atoms with Crippen molar-refractivity contribution in [1.29, 1.82) is 0 Å². The van der Waals surface area contributed by atoms with Crippen LogP contribution in [-0.4, -0.2) is 58.7 Å². The van der Waals surface area contributed by atoms with E-state index in [1.807, 2.05) is 0 Å². The number of hydrogen-bond donors (Lipinski definition) is 7. The number of aliphatic imine (C=N–C) groups is 1. The smallest absolute Gasteiger partial charge is 0.305 e. The fourth-order valence-electron chi connectivity index (χ4n) is 3.21. The maximum absolute atomic E-state index is 12.5. The Balaban J connectivity index is 1.66. The number of nitrogens with zero attached hydrogens (tertiary/aromatic N) is 1. The van der Waals surface area contributed by atoms with Gasteiger partial charge in [0.15, 0.2) is 5.96 Å². The number of phenolic OH excluding ortho intramolecular Hbond substituents is 2. The second kappa shape index (κ2) is 11.1. The maximum atomic E-state index is 12.5. The number of amides is 2. The van der Waals surface area contributed by atoms with Crippen LogP contribution in [0.2, 0.25) is 5.02 Å². The molecule has 1 aliphatic heterocycles. The van der Waals surface area contributed by atoms with Gasteiger partial charge in [-0.15, -0.1) is 0 Å². The number of nitrogens with one attached hydrogen (secondary N) is 4. The van der Waals surface area contributed by atoms with Crippen LogP contribution in [0.15, 0.2) is 39.8 Å². The van der Waals surface area contributed by atoms with E-state index in [0.29, 0.717) is 24.7 Å². The maximum Gasteiger partial charge on any atom is 0.305 e. The van der Waals surface area contributed by atoms with Gasteiger partial charge in [-0.25, -0.2) is 0 Å². The van der Waals surface area contributed by atoms with Crippen LogP contribution >= 0.6 is 27.5 Å². The molecule has 0 radical (unpaired) electrons. The normalized spacial score (nSPS) is 13.4. The fourth-order valence-corrected chi connectivity index (χ4v) is 4.04. The zero-order valence-electron chi connectivity index (χ0n) is 17.6. The summed E-state index contributed by atoms with van der Waals surface area (Å²) in [6.45, 7) is 0.802. The molecular formula is C21H21BrClN5O6. The van der Waals surface area contributed by atoms with Gasteiger partial charge in [0.05, 0.1) is 30.0 Å². The van der Waals surface area contributed by atoms with Crippen LogP contribution < -0.4 is 21.3 Å². The summed E-state index contributed by atoms with van der Waals surface area (Å²) in [5.41, 5.74) is 0.618. The third kappa shape index (κ3) is 6.75. The number of aliphatic carboxylic acids is 1. The van der Waals surface area contributed by atoms with Gasteiger partial charge in [0.25, 0.3) is 5.91 Å². The molecule has 2 aromatic rings. The Kier molecular flexibility index (Phi) is 8.18. The molecule has 7 N–H and O–H groups in total. The van der Waals surface area contributed by atoms with Gasteiger partial charge < -0.3 is 36.6 Å². The highest BCUT2D eigenvalue weighted by atomic mass is 79.9. The molecule has 0 saturated heterocycles. The lowest BCUT2D eigenvalue weighted by atomic mass is 10.0. The lowest BCUT2D eigenvalue weighted by Crippen LogP contribution is -2.39. The second-order valence-corrected chi connectivity index (χ2v) is 8.57. The Hall–Kier alpha value is -3.51. The van der Waals surface area contributed by atoms with Crippen LogP contribution in [0.25, 0.3) is 0 Å². The zero-order chi connectivity index (χ0) is 24.8. The second-order valence-electron chi connectivity index (χ2n) is 7.28. The first-order valence-electron chi connectivity index (χ1n) is 9.99. The van der Waals surface area contributed by atoms with E-state index in [1.165, 1.54) is 30.3 Å². The molecule has 13 heteroatoms. The summed E-state index contributed by atoms with van der Waals surface area (Å²) in [6, 6.07) is 5.79.